The SMILES string of the molecule is CCCCCCCCCCCCCCCCCCCCCCCCCCCCCCCCCC(=O)OC(COC(=O)CCCCCCCCCCCCCCCCCCCCCCCCC)COC(OCC[N+](C)(C)C)C(=O)[O-]. The lowest BCUT2D eigenvalue weighted by molar-refractivity contribution is -0.870. The Morgan fingerprint density at radius 2 is 0.570 bits per heavy atom. The molecule has 0 saturated heterocycles. The molecule has 0 aliphatic carbocycles. The van der Waals surface area contributed by atoms with Crippen LogP contribution in [0.1, 0.15) is 373 Å². The van der Waals surface area contributed by atoms with Gasteiger partial charge in [0.15, 0.2) is 12.4 Å². The van der Waals surface area contributed by atoms with Crippen LogP contribution in [0.5, 0.6) is 0 Å². The average Bonchev–Trinajstić information content (AvgIpc) is 3.42. The van der Waals surface area contributed by atoms with Crippen molar-refractivity contribution in [3.05, 3.63) is 0 Å². The number of unbranched alkanes of at least 4 members (excludes halogenated alkanes) is 52. The second-order valence-corrected chi connectivity index (χ2v) is 25.5. The Morgan fingerprint density at radius 1 is 0.329 bits per heavy atom. The fraction of sp³-hybridized carbons (Fsp3) is 0.957. The van der Waals surface area contributed by atoms with E-state index in [1.807, 2.05) is 21.1 Å². The molecular weight excluding hydrogens is 983 g/mol. The molecular formula is C70H137NO8. The summed E-state index contributed by atoms with van der Waals surface area (Å²) < 4.78 is 22.8. The number of nitrogens with zero attached hydrogens (tertiary/aromatic N) is 1. The number of hydrogen-bond donors (Lipinski definition) is 0. The molecule has 9 heteroatoms. The van der Waals surface area contributed by atoms with Crippen molar-refractivity contribution in [3.8, 4) is 0 Å². The number of ether oxygens (including phenoxy) is 4. The van der Waals surface area contributed by atoms with Crippen molar-refractivity contribution in [2.24, 2.45) is 0 Å². The van der Waals surface area contributed by atoms with Gasteiger partial charge in [-0.25, -0.2) is 0 Å². The third-order valence-corrected chi connectivity index (χ3v) is 16.4. The van der Waals surface area contributed by atoms with Crippen LogP contribution in [0.2, 0.25) is 0 Å². The molecule has 9 nitrogen and oxygen atoms in total. The summed E-state index contributed by atoms with van der Waals surface area (Å²) in [5.41, 5.74) is 0. The number of rotatable bonds is 67. The quantitative estimate of drug-likeness (QED) is 0.0256. The Kier molecular flexibility index (Phi) is 61.0. The molecule has 2 atom stereocenters. The van der Waals surface area contributed by atoms with Gasteiger partial charge >= 0.3 is 11.9 Å². The number of aliphatic carboxylic acids is 1. The normalized spacial score (nSPS) is 12.6. The van der Waals surface area contributed by atoms with Crippen molar-refractivity contribution < 1.29 is 42.9 Å². The van der Waals surface area contributed by atoms with Gasteiger partial charge in [0.2, 0.25) is 0 Å². The number of carbonyl (C=O) groups is 3. The molecule has 0 N–H and O–H groups in total. The van der Waals surface area contributed by atoms with Crippen molar-refractivity contribution in [1.29, 1.82) is 0 Å². The van der Waals surface area contributed by atoms with Crippen LogP contribution in [-0.2, 0) is 33.3 Å². The maximum absolute atomic E-state index is 12.9. The molecule has 0 aromatic carbocycles. The van der Waals surface area contributed by atoms with Gasteiger partial charge in [0.25, 0.3) is 0 Å². The molecule has 0 amide bonds. The molecule has 0 saturated carbocycles. The maximum atomic E-state index is 12.9. The molecule has 470 valence electrons. The summed E-state index contributed by atoms with van der Waals surface area (Å²) >= 11 is 0. The highest BCUT2D eigenvalue weighted by atomic mass is 16.7. The van der Waals surface area contributed by atoms with Crippen LogP contribution in [0, 0.1) is 0 Å². The van der Waals surface area contributed by atoms with Gasteiger partial charge < -0.3 is 33.3 Å². The number of carboxylic acids is 1. The van der Waals surface area contributed by atoms with E-state index in [4.69, 9.17) is 18.9 Å². The zero-order valence-corrected chi connectivity index (χ0v) is 53.8. The first-order valence-electron chi connectivity index (χ1n) is 35.2. The van der Waals surface area contributed by atoms with Crippen LogP contribution < -0.4 is 5.11 Å². The van der Waals surface area contributed by atoms with E-state index < -0.39 is 24.3 Å². The number of quaternary nitrogens is 1. The van der Waals surface area contributed by atoms with E-state index in [2.05, 4.69) is 13.8 Å². The average molecular weight is 1120 g/mol. The minimum atomic E-state index is -1.62. The van der Waals surface area contributed by atoms with E-state index in [9.17, 15) is 19.5 Å². The number of esters is 2. The summed E-state index contributed by atoms with van der Waals surface area (Å²) in [5.74, 6) is -2.24. The van der Waals surface area contributed by atoms with Crippen molar-refractivity contribution in [2.45, 2.75) is 386 Å². The van der Waals surface area contributed by atoms with Crippen LogP contribution in [0.25, 0.3) is 0 Å². The molecule has 0 aliphatic heterocycles. The first-order chi connectivity index (χ1) is 38.6. The molecule has 0 aromatic heterocycles. The van der Waals surface area contributed by atoms with Crippen LogP contribution in [0.15, 0.2) is 0 Å². The molecule has 0 aromatic rings. The predicted molar refractivity (Wildman–Crippen MR) is 334 cm³/mol. The highest BCUT2D eigenvalue weighted by molar-refractivity contribution is 5.70. The van der Waals surface area contributed by atoms with Crippen LogP contribution in [0.3, 0.4) is 0 Å². The molecule has 2 unspecified atom stereocenters. The number of likely N-dealkylation sites (N-methyl/N-ethyl adjacent to an activating group) is 1. The van der Waals surface area contributed by atoms with Gasteiger partial charge in [0.05, 0.1) is 40.3 Å². The smallest absolute Gasteiger partial charge is 0.306 e. The third-order valence-electron chi connectivity index (χ3n) is 16.4. The van der Waals surface area contributed by atoms with Gasteiger partial charge in [0.1, 0.15) is 13.2 Å². The lowest BCUT2D eigenvalue weighted by Gasteiger charge is -2.26. The summed E-state index contributed by atoms with van der Waals surface area (Å²) in [6.07, 6.45) is 70.5. The van der Waals surface area contributed by atoms with Crippen LogP contribution in [0.4, 0.5) is 0 Å². The van der Waals surface area contributed by atoms with E-state index in [1.54, 1.807) is 0 Å². The second-order valence-electron chi connectivity index (χ2n) is 25.5. The Balaban J connectivity index is 4.03. The Morgan fingerprint density at radius 3 is 0.810 bits per heavy atom. The minimum absolute atomic E-state index is 0.154. The van der Waals surface area contributed by atoms with Gasteiger partial charge in [0, 0.05) is 12.8 Å². The highest BCUT2D eigenvalue weighted by Gasteiger charge is 2.22. The summed E-state index contributed by atoms with van der Waals surface area (Å²) in [5, 5.41) is 11.8. The Labute approximate surface area is 492 Å². The standard InChI is InChI=1S/C70H137NO8/c1-6-8-10-12-14-16-18-20-22-24-26-28-30-31-32-33-34-35-36-37-39-41-43-45-47-49-51-53-55-57-59-61-68(73)79-66(65-78-70(69(74)75)76-63-62-71(3,4)5)64-77-67(72)60-58-56-54-52-50-48-46-44-42-40-38-29-27-25-23-21-19-17-15-13-11-9-7-2/h66,70H,6-65H2,1-5H3. The van der Waals surface area contributed by atoms with Crippen molar-refractivity contribution in [1.82, 2.24) is 0 Å². The largest absolute Gasteiger partial charge is 0.545 e. The second kappa shape index (κ2) is 62.3. The van der Waals surface area contributed by atoms with Crippen LogP contribution in [-0.4, -0.2) is 82.3 Å². The fourth-order valence-electron chi connectivity index (χ4n) is 11.0. The number of carbonyl (C=O) groups excluding carboxylic acids is 3. The zero-order valence-electron chi connectivity index (χ0n) is 53.8. The number of carboxylic acid groups (broad SMARTS) is 1. The molecule has 0 spiro atoms. The molecule has 0 bridgehead atoms. The first kappa shape index (κ1) is 77.3. The summed E-state index contributed by atoms with van der Waals surface area (Å²) in [6, 6.07) is 0. The van der Waals surface area contributed by atoms with Crippen molar-refractivity contribution >= 4 is 17.9 Å². The summed E-state index contributed by atoms with van der Waals surface area (Å²) in [6.45, 7) is 4.84. The topological polar surface area (TPSA) is 111 Å². The van der Waals surface area contributed by atoms with Gasteiger partial charge in [-0.2, -0.15) is 0 Å². The van der Waals surface area contributed by atoms with Crippen LogP contribution >= 0.6 is 0 Å². The zero-order chi connectivity index (χ0) is 57.6. The molecule has 0 fully saturated rings. The van der Waals surface area contributed by atoms with Crippen molar-refractivity contribution in [2.75, 3.05) is 47.5 Å². The molecule has 0 heterocycles. The van der Waals surface area contributed by atoms with E-state index in [0.717, 1.165) is 38.5 Å². The summed E-state index contributed by atoms with van der Waals surface area (Å²) in [7, 11) is 5.95. The lowest BCUT2D eigenvalue weighted by Crippen LogP contribution is -2.44. The first-order valence-corrected chi connectivity index (χ1v) is 35.2. The van der Waals surface area contributed by atoms with E-state index in [1.165, 1.54) is 308 Å². The minimum Gasteiger partial charge on any atom is -0.545 e. The predicted octanol–water partition coefficient (Wildman–Crippen LogP) is 20.1. The highest BCUT2D eigenvalue weighted by Crippen LogP contribution is 2.20. The third kappa shape index (κ3) is 63.7. The Hall–Kier alpha value is -1.71. The number of hydrogen-bond acceptors (Lipinski definition) is 8. The molecule has 0 rings (SSSR count). The van der Waals surface area contributed by atoms with E-state index in [-0.39, 0.29) is 32.2 Å². The van der Waals surface area contributed by atoms with E-state index >= 15 is 0 Å². The van der Waals surface area contributed by atoms with Crippen molar-refractivity contribution in [3.63, 3.8) is 0 Å². The fourth-order valence-corrected chi connectivity index (χ4v) is 11.0. The van der Waals surface area contributed by atoms with E-state index in [0.29, 0.717) is 17.4 Å². The maximum Gasteiger partial charge on any atom is 0.306 e. The summed E-state index contributed by atoms with van der Waals surface area (Å²) in [4.78, 5) is 37.5. The molecule has 0 radical (unpaired) electrons. The van der Waals surface area contributed by atoms with Gasteiger partial charge in [-0.05, 0) is 12.8 Å². The lowest BCUT2D eigenvalue weighted by atomic mass is 10.0. The van der Waals surface area contributed by atoms with Gasteiger partial charge in [-0.15, -0.1) is 0 Å². The molecule has 0 aliphatic rings. The molecule has 79 heavy (non-hydrogen) atoms. The van der Waals surface area contributed by atoms with Gasteiger partial charge in [-0.3, -0.25) is 9.59 Å². The van der Waals surface area contributed by atoms with Gasteiger partial charge in [-0.1, -0.05) is 348 Å². The Bertz CT molecular complexity index is 1260. The monoisotopic (exact) mass is 1120 g/mol.